The first-order valence-corrected chi connectivity index (χ1v) is 12.9. The van der Waals surface area contributed by atoms with Crippen molar-refractivity contribution < 1.29 is 9.59 Å². The highest BCUT2D eigenvalue weighted by Crippen LogP contribution is 2.34. The van der Waals surface area contributed by atoms with Crippen molar-refractivity contribution in [1.82, 2.24) is 14.6 Å². The lowest BCUT2D eigenvalue weighted by Crippen LogP contribution is -2.46. The Kier molecular flexibility index (Phi) is 7.51. The van der Waals surface area contributed by atoms with E-state index in [1.807, 2.05) is 48.7 Å². The van der Waals surface area contributed by atoms with Gasteiger partial charge in [0.1, 0.15) is 15.4 Å². The third-order valence-corrected chi connectivity index (χ3v) is 8.09. The summed E-state index contributed by atoms with van der Waals surface area (Å²) in [4.78, 5) is 29.8. The van der Waals surface area contributed by atoms with Crippen molar-refractivity contribution in [3.8, 4) is 0 Å². The molecule has 0 aliphatic heterocycles. The van der Waals surface area contributed by atoms with Crippen LogP contribution in [-0.2, 0) is 11.3 Å². The molecule has 2 aromatic heterocycles. The van der Waals surface area contributed by atoms with Gasteiger partial charge in [-0.2, -0.15) is 4.37 Å². The van der Waals surface area contributed by atoms with Crippen molar-refractivity contribution in [1.29, 1.82) is 0 Å². The van der Waals surface area contributed by atoms with Gasteiger partial charge in [-0.15, -0.1) is 11.3 Å². The van der Waals surface area contributed by atoms with E-state index in [9.17, 15) is 9.59 Å². The van der Waals surface area contributed by atoms with Gasteiger partial charge in [-0.1, -0.05) is 71.9 Å². The van der Waals surface area contributed by atoms with Gasteiger partial charge in [0, 0.05) is 10.9 Å². The summed E-state index contributed by atoms with van der Waals surface area (Å²) in [5, 5.41) is 5.24. The van der Waals surface area contributed by atoms with Gasteiger partial charge in [0.05, 0.1) is 6.54 Å². The average Bonchev–Trinajstić information content (AvgIpc) is 3.53. The van der Waals surface area contributed by atoms with Crippen molar-refractivity contribution in [2.24, 2.45) is 0 Å². The molecular weight excluding hydrogens is 485 g/mol. The SMILES string of the molecule is Cc1ccc(C(C(=O)NC2CCCC2)N(Cc2cccs2)C(=O)c2nsc(Cl)c2Cl)cc1. The van der Waals surface area contributed by atoms with E-state index in [2.05, 4.69) is 9.69 Å². The van der Waals surface area contributed by atoms with Gasteiger partial charge in [-0.05, 0) is 48.3 Å². The number of aryl methyl sites for hydroxylation is 1. The van der Waals surface area contributed by atoms with Crippen molar-refractivity contribution in [2.45, 2.75) is 51.2 Å². The number of rotatable bonds is 7. The molecule has 4 rings (SSSR count). The molecule has 1 saturated carbocycles. The second-order valence-electron chi connectivity index (χ2n) is 7.93. The predicted molar refractivity (Wildman–Crippen MR) is 131 cm³/mol. The van der Waals surface area contributed by atoms with Crippen molar-refractivity contribution in [3.05, 3.63) is 72.8 Å². The minimum Gasteiger partial charge on any atom is -0.351 e. The van der Waals surface area contributed by atoms with Gasteiger partial charge in [0.15, 0.2) is 5.69 Å². The molecule has 1 aliphatic rings. The van der Waals surface area contributed by atoms with Gasteiger partial charge in [-0.3, -0.25) is 9.59 Å². The average molecular weight is 508 g/mol. The molecule has 1 N–H and O–H groups in total. The van der Waals surface area contributed by atoms with Crippen molar-refractivity contribution in [2.75, 3.05) is 0 Å². The summed E-state index contributed by atoms with van der Waals surface area (Å²) in [6.45, 7) is 2.25. The Morgan fingerprint density at radius 1 is 1.19 bits per heavy atom. The zero-order chi connectivity index (χ0) is 22.7. The molecule has 5 nitrogen and oxygen atoms in total. The van der Waals surface area contributed by atoms with E-state index in [0.29, 0.717) is 0 Å². The minimum absolute atomic E-state index is 0.0731. The standard InChI is InChI=1S/C23H23Cl2N3O2S2/c1-14-8-10-15(11-9-14)20(22(29)26-16-5-2-3-6-16)28(13-17-7-4-12-31-17)23(30)19-18(24)21(25)32-27-19/h4,7-12,16,20H,2-3,5-6,13H2,1H3,(H,26,29). The predicted octanol–water partition coefficient (Wildman–Crippen LogP) is 6.26. The maximum absolute atomic E-state index is 13.7. The Morgan fingerprint density at radius 3 is 2.50 bits per heavy atom. The van der Waals surface area contributed by atoms with E-state index in [1.165, 1.54) is 11.3 Å². The number of carbonyl (C=O) groups excluding carboxylic acids is 2. The number of carbonyl (C=O) groups is 2. The molecular formula is C23H23Cl2N3O2S2. The molecule has 9 heteroatoms. The number of amides is 2. The third-order valence-electron chi connectivity index (χ3n) is 5.62. The molecule has 2 amide bonds. The molecule has 1 atom stereocenters. The summed E-state index contributed by atoms with van der Waals surface area (Å²) in [5.41, 5.74) is 1.90. The van der Waals surface area contributed by atoms with Gasteiger partial charge >= 0.3 is 0 Å². The van der Waals surface area contributed by atoms with Crippen LogP contribution in [0.15, 0.2) is 41.8 Å². The van der Waals surface area contributed by atoms with E-state index < -0.39 is 11.9 Å². The van der Waals surface area contributed by atoms with E-state index in [-0.39, 0.29) is 33.5 Å². The molecule has 32 heavy (non-hydrogen) atoms. The second kappa shape index (κ2) is 10.3. The highest BCUT2D eigenvalue weighted by molar-refractivity contribution is 7.11. The summed E-state index contributed by atoms with van der Waals surface area (Å²) in [5.74, 6) is -0.609. The number of hydrogen-bond donors (Lipinski definition) is 1. The first-order chi connectivity index (χ1) is 15.4. The second-order valence-corrected chi connectivity index (χ2v) is 10.7. The molecule has 1 aliphatic carbocycles. The molecule has 1 unspecified atom stereocenters. The molecule has 3 aromatic rings. The quantitative estimate of drug-likeness (QED) is 0.410. The van der Waals surface area contributed by atoms with Crippen LogP contribution in [0.5, 0.6) is 0 Å². The van der Waals surface area contributed by atoms with Crippen LogP contribution < -0.4 is 5.32 Å². The zero-order valence-electron chi connectivity index (χ0n) is 17.5. The van der Waals surface area contributed by atoms with Gasteiger partial charge in [-0.25, -0.2) is 0 Å². The Labute approximate surface area is 205 Å². The summed E-state index contributed by atoms with van der Waals surface area (Å²) in [6.07, 6.45) is 4.12. The van der Waals surface area contributed by atoms with Crippen LogP contribution in [0.1, 0.15) is 58.2 Å². The molecule has 1 fully saturated rings. The summed E-state index contributed by atoms with van der Waals surface area (Å²) in [7, 11) is 0. The summed E-state index contributed by atoms with van der Waals surface area (Å²) in [6, 6.07) is 10.9. The lowest BCUT2D eigenvalue weighted by atomic mass is 10.0. The lowest BCUT2D eigenvalue weighted by Gasteiger charge is -2.31. The Balaban J connectivity index is 1.75. The molecule has 168 valence electrons. The van der Waals surface area contributed by atoms with Crippen LogP contribution in [0.3, 0.4) is 0 Å². The minimum atomic E-state index is -0.817. The monoisotopic (exact) mass is 507 g/mol. The van der Waals surface area contributed by atoms with E-state index in [0.717, 1.165) is 53.2 Å². The third kappa shape index (κ3) is 5.17. The normalized spacial score (nSPS) is 15.0. The van der Waals surface area contributed by atoms with Gasteiger partial charge in [0.2, 0.25) is 5.91 Å². The van der Waals surface area contributed by atoms with Crippen molar-refractivity contribution in [3.63, 3.8) is 0 Å². The molecule has 0 spiro atoms. The Bertz CT molecular complexity index is 1080. The number of thiophene rings is 1. The van der Waals surface area contributed by atoms with E-state index in [1.54, 1.807) is 4.90 Å². The smallest absolute Gasteiger partial charge is 0.276 e. The summed E-state index contributed by atoms with van der Waals surface area (Å²) >= 11 is 14.9. The summed E-state index contributed by atoms with van der Waals surface area (Å²) < 4.78 is 4.43. The lowest BCUT2D eigenvalue weighted by molar-refractivity contribution is -0.126. The molecule has 2 heterocycles. The largest absolute Gasteiger partial charge is 0.351 e. The number of benzene rings is 1. The maximum atomic E-state index is 13.7. The number of hydrogen-bond acceptors (Lipinski definition) is 5. The van der Waals surface area contributed by atoms with Gasteiger partial charge < -0.3 is 10.2 Å². The number of halogens is 2. The van der Waals surface area contributed by atoms with Gasteiger partial charge in [0.25, 0.3) is 5.91 Å². The highest BCUT2D eigenvalue weighted by atomic mass is 35.5. The fraction of sp³-hybridized carbons (Fsp3) is 0.348. The maximum Gasteiger partial charge on any atom is 0.276 e. The van der Waals surface area contributed by atoms with E-state index in [4.69, 9.17) is 23.2 Å². The van der Waals surface area contributed by atoms with Crippen molar-refractivity contribution >= 4 is 57.9 Å². The number of nitrogens with zero attached hydrogens (tertiary/aromatic N) is 2. The molecule has 0 radical (unpaired) electrons. The first-order valence-electron chi connectivity index (χ1n) is 10.4. The Hall–Kier alpha value is -1.93. The van der Waals surface area contributed by atoms with Crippen LogP contribution in [0.2, 0.25) is 9.36 Å². The topological polar surface area (TPSA) is 62.3 Å². The fourth-order valence-electron chi connectivity index (χ4n) is 3.95. The van der Waals surface area contributed by atoms with Crippen LogP contribution in [0.4, 0.5) is 0 Å². The van der Waals surface area contributed by atoms with Crippen LogP contribution >= 0.6 is 46.1 Å². The molecule has 0 bridgehead atoms. The molecule has 0 saturated heterocycles. The number of aromatic nitrogens is 1. The highest BCUT2D eigenvalue weighted by Gasteiger charge is 2.36. The Morgan fingerprint density at radius 2 is 1.91 bits per heavy atom. The van der Waals surface area contributed by atoms with Crippen LogP contribution in [0, 0.1) is 6.92 Å². The van der Waals surface area contributed by atoms with E-state index >= 15 is 0 Å². The first kappa shape index (κ1) is 23.2. The van der Waals surface area contributed by atoms with Crippen LogP contribution in [-0.4, -0.2) is 27.1 Å². The number of nitrogens with one attached hydrogen (secondary N) is 1. The molecule has 1 aromatic carbocycles. The fourth-order valence-corrected chi connectivity index (χ4v) is 5.64. The zero-order valence-corrected chi connectivity index (χ0v) is 20.7. The van der Waals surface area contributed by atoms with Crippen LogP contribution in [0.25, 0.3) is 0 Å².